The van der Waals surface area contributed by atoms with Crippen LogP contribution in [0.5, 0.6) is 0 Å². The molecule has 1 unspecified atom stereocenters. The Morgan fingerprint density at radius 2 is 2.00 bits per heavy atom. The van der Waals surface area contributed by atoms with Crippen LogP contribution in [0.1, 0.15) is 35.8 Å². The van der Waals surface area contributed by atoms with E-state index < -0.39 is 18.1 Å². The van der Waals surface area contributed by atoms with E-state index in [0.29, 0.717) is 22.1 Å². The van der Waals surface area contributed by atoms with Crippen molar-refractivity contribution < 1.29 is 44.6 Å². The summed E-state index contributed by atoms with van der Waals surface area (Å²) >= 11 is 7.40. The molecule has 3 aliphatic rings. The SMILES string of the molecule is CC1C(CN2CCC3(CC2)OCC(F)(F)c2cc(Cl)sc23)=CN(c2[c-]cccc2CN(C)C)N1C.[U]. The van der Waals surface area contributed by atoms with Crippen LogP contribution in [-0.2, 0) is 22.8 Å². The molecule has 1 spiro atoms. The van der Waals surface area contributed by atoms with Crippen LogP contribution in [0.2, 0.25) is 4.34 Å². The summed E-state index contributed by atoms with van der Waals surface area (Å²) in [5.74, 6) is -2.97. The zero-order chi connectivity index (χ0) is 25.0. The first-order valence-corrected chi connectivity index (χ1v) is 13.2. The largest absolute Gasteiger partial charge is 0.363 e. The number of benzene rings is 1. The molecule has 10 heteroatoms. The van der Waals surface area contributed by atoms with E-state index in [1.165, 1.54) is 28.5 Å². The van der Waals surface area contributed by atoms with Crippen molar-refractivity contribution in [1.29, 1.82) is 0 Å². The van der Waals surface area contributed by atoms with E-state index in [2.05, 4.69) is 66.2 Å². The number of para-hydroxylation sites is 1. The van der Waals surface area contributed by atoms with Crippen LogP contribution < -0.4 is 5.01 Å². The van der Waals surface area contributed by atoms with Crippen LogP contribution in [0, 0.1) is 37.2 Å². The minimum atomic E-state index is -2.97. The molecule has 1 aromatic heterocycles. The molecule has 0 amide bonds. The Morgan fingerprint density at radius 3 is 2.69 bits per heavy atom. The van der Waals surface area contributed by atoms with E-state index in [1.807, 2.05) is 12.1 Å². The van der Waals surface area contributed by atoms with Gasteiger partial charge in [0.05, 0.1) is 10.4 Å². The molecule has 1 atom stereocenters. The van der Waals surface area contributed by atoms with Crippen LogP contribution in [-0.4, -0.2) is 68.2 Å². The van der Waals surface area contributed by atoms with Gasteiger partial charge in [-0.25, -0.2) is 5.01 Å². The third-order valence-electron chi connectivity index (χ3n) is 7.47. The van der Waals surface area contributed by atoms with Gasteiger partial charge in [-0.15, -0.1) is 16.9 Å². The first-order chi connectivity index (χ1) is 16.6. The van der Waals surface area contributed by atoms with E-state index in [4.69, 9.17) is 16.3 Å². The van der Waals surface area contributed by atoms with Crippen molar-refractivity contribution in [2.45, 2.75) is 43.9 Å². The van der Waals surface area contributed by atoms with Crippen molar-refractivity contribution >= 4 is 28.6 Å². The molecule has 2 aromatic rings. The van der Waals surface area contributed by atoms with Gasteiger partial charge in [0.1, 0.15) is 12.2 Å². The topological polar surface area (TPSA) is 22.2 Å². The number of hydrogen-bond donors (Lipinski definition) is 0. The molecule has 1 saturated heterocycles. The zero-order valence-corrected chi connectivity index (χ0v) is 26.9. The van der Waals surface area contributed by atoms with Crippen molar-refractivity contribution in [3.8, 4) is 0 Å². The van der Waals surface area contributed by atoms with E-state index >= 15 is 0 Å². The molecule has 36 heavy (non-hydrogen) atoms. The smallest absolute Gasteiger partial charge is 0.297 e. The summed E-state index contributed by atoms with van der Waals surface area (Å²) in [5, 5.41) is 4.45. The number of hydrogen-bond acceptors (Lipinski definition) is 6. The number of likely N-dealkylation sites (tertiary alicyclic amines) is 1. The van der Waals surface area contributed by atoms with Gasteiger partial charge in [0.15, 0.2) is 0 Å². The molecular weight excluding hydrogens is 728 g/mol. The summed E-state index contributed by atoms with van der Waals surface area (Å²) in [5.41, 5.74) is 3.04. The molecule has 5 nitrogen and oxygen atoms in total. The standard InChI is InChI=1S/C26H32ClF2N4OS.U/c1-18-20(16-33(31(18)4)22-8-6-5-7-19(22)14-30(2)3)15-32-11-9-25(10-12-32)24-21(13-23(27)35-24)26(28,29)17-34-25;/h5-7,13,16,18H,9-12,14-15,17H2,1-4H3;/q-1;. The van der Waals surface area contributed by atoms with Gasteiger partial charge in [0, 0.05) is 74.4 Å². The molecule has 4 heterocycles. The second-order valence-corrected chi connectivity index (χ2v) is 11.8. The maximum Gasteiger partial charge on any atom is 0.297 e. The van der Waals surface area contributed by atoms with Gasteiger partial charge in [-0.2, -0.15) is 33.0 Å². The van der Waals surface area contributed by atoms with Crippen LogP contribution >= 0.6 is 22.9 Å². The number of rotatable bonds is 5. The summed E-state index contributed by atoms with van der Waals surface area (Å²) in [4.78, 5) is 5.19. The fraction of sp³-hybridized carbons (Fsp3) is 0.538. The van der Waals surface area contributed by atoms with Crippen LogP contribution in [0.15, 0.2) is 36.0 Å². The number of ether oxygens (including phenoxy) is 1. The Hall–Kier alpha value is -0.498. The van der Waals surface area contributed by atoms with Gasteiger partial charge < -0.3 is 14.6 Å². The number of likely N-dealkylation sites (N-methyl/N-ethyl adjacent to an activating group) is 1. The molecule has 0 N–H and O–H groups in total. The third-order valence-corrected chi connectivity index (χ3v) is 8.92. The second kappa shape index (κ2) is 10.9. The average Bonchev–Trinajstić information content (AvgIpc) is 3.35. The molecule has 1 fully saturated rings. The number of fused-ring (bicyclic) bond motifs is 2. The number of anilines is 1. The van der Waals surface area contributed by atoms with Crippen molar-refractivity contribution in [2.75, 3.05) is 52.4 Å². The zero-order valence-electron chi connectivity index (χ0n) is 21.2. The molecule has 0 radical (unpaired) electrons. The van der Waals surface area contributed by atoms with Gasteiger partial charge >= 0.3 is 0 Å². The summed E-state index contributed by atoms with van der Waals surface area (Å²) < 4.78 is 35.2. The molecule has 3 aliphatic heterocycles. The minimum absolute atomic E-state index is 0. The van der Waals surface area contributed by atoms with Crippen LogP contribution in [0.25, 0.3) is 0 Å². The first kappa shape index (κ1) is 28.5. The van der Waals surface area contributed by atoms with Gasteiger partial charge in [0.2, 0.25) is 0 Å². The maximum absolute atomic E-state index is 14.4. The van der Waals surface area contributed by atoms with Crippen LogP contribution in [0.3, 0.4) is 0 Å². The Kier molecular flexibility index (Phi) is 8.66. The molecule has 0 aliphatic carbocycles. The van der Waals surface area contributed by atoms with E-state index in [-0.39, 0.29) is 42.7 Å². The number of hydrazine groups is 1. The fourth-order valence-electron chi connectivity index (χ4n) is 5.37. The predicted molar refractivity (Wildman–Crippen MR) is 137 cm³/mol. The summed E-state index contributed by atoms with van der Waals surface area (Å²) in [6, 6.07) is 11.3. The Bertz CT molecular complexity index is 1120. The van der Waals surface area contributed by atoms with E-state index in [0.717, 1.165) is 31.9 Å². The number of piperidine rings is 1. The second-order valence-electron chi connectivity index (χ2n) is 10.1. The molecule has 1 aromatic carbocycles. The average molecular weight is 760 g/mol. The first-order valence-electron chi connectivity index (χ1n) is 12.0. The van der Waals surface area contributed by atoms with Crippen molar-refractivity contribution in [3.05, 3.63) is 62.4 Å². The quantitative estimate of drug-likeness (QED) is 0.385. The maximum atomic E-state index is 14.4. The Balaban J connectivity index is 0.00000304. The van der Waals surface area contributed by atoms with Gasteiger partial charge in [-0.1, -0.05) is 17.3 Å². The number of alkyl halides is 2. The molecule has 0 bridgehead atoms. The Morgan fingerprint density at radius 1 is 1.28 bits per heavy atom. The number of nitrogens with zero attached hydrogens (tertiary/aromatic N) is 4. The minimum Gasteiger partial charge on any atom is -0.363 e. The molecular formula is C26H32ClF2N4OSU-. The fourth-order valence-corrected chi connectivity index (χ4v) is 6.85. The monoisotopic (exact) mass is 759 g/mol. The third kappa shape index (κ3) is 5.33. The number of halogens is 3. The normalized spacial score (nSPS) is 23.6. The van der Waals surface area contributed by atoms with E-state index in [9.17, 15) is 8.78 Å². The molecule has 0 saturated carbocycles. The summed E-state index contributed by atoms with van der Waals surface area (Å²) in [6.07, 6.45) is 3.61. The van der Waals surface area contributed by atoms with Gasteiger partial charge in [0.25, 0.3) is 5.92 Å². The number of thiophene rings is 1. The van der Waals surface area contributed by atoms with Crippen molar-refractivity contribution in [2.24, 2.45) is 0 Å². The van der Waals surface area contributed by atoms with Crippen LogP contribution in [0.4, 0.5) is 14.5 Å². The van der Waals surface area contributed by atoms with E-state index in [1.54, 1.807) is 0 Å². The summed E-state index contributed by atoms with van der Waals surface area (Å²) in [7, 11) is 6.25. The molecule has 5 rings (SSSR count). The van der Waals surface area contributed by atoms with Crippen molar-refractivity contribution in [1.82, 2.24) is 14.8 Å². The van der Waals surface area contributed by atoms with Crippen molar-refractivity contribution in [3.63, 3.8) is 0 Å². The summed E-state index contributed by atoms with van der Waals surface area (Å²) in [6.45, 7) is 4.91. The Labute approximate surface area is 245 Å². The van der Waals surface area contributed by atoms with Gasteiger partial charge in [-0.05, 0) is 52.0 Å². The predicted octanol–water partition coefficient (Wildman–Crippen LogP) is 5.32. The van der Waals surface area contributed by atoms with Gasteiger partial charge in [-0.3, -0.25) is 4.90 Å². The molecule has 194 valence electrons.